The van der Waals surface area contributed by atoms with Crippen LogP contribution in [0, 0.1) is 7.14 Å². The third-order valence-electron chi connectivity index (χ3n) is 2.14. The van der Waals surface area contributed by atoms with Crippen LogP contribution in [-0.4, -0.2) is 24.4 Å². The summed E-state index contributed by atoms with van der Waals surface area (Å²) in [6.07, 6.45) is 0. The Morgan fingerprint density at radius 3 is 2.25 bits per heavy atom. The van der Waals surface area contributed by atoms with Gasteiger partial charge in [-0.15, -0.1) is 0 Å². The SMILES string of the molecule is C=C(C)C(=O)OCCOc1c(I)cc(C(=O)Cl)cc1I. The highest BCUT2D eigenvalue weighted by atomic mass is 127. The smallest absolute Gasteiger partial charge is 0.333 e. The number of benzene rings is 1. The molecular formula is C13H11ClI2O4. The van der Waals surface area contributed by atoms with Crippen molar-refractivity contribution in [3.05, 3.63) is 37.0 Å². The molecule has 0 bridgehead atoms. The van der Waals surface area contributed by atoms with E-state index in [0.29, 0.717) is 16.9 Å². The van der Waals surface area contributed by atoms with Crippen molar-refractivity contribution in [3.8, 4) is 5.75 Å². The zero-order valence-corrected chi connectivity index (χ0v) is 15.6. The average Bonchev–Trinajstić information content (AvgIpc) is 2.36. The molecule has 0 saturated carbocycles. The minimum atomic E-state index is -0.511. The standard InChI is InChI=1S/C13H11ClI2O4/c1-7(2)13(18)20-4-3-19-11-9(15)5-8(12(14)17)6-10(11)16/h5-6H,1,3-4H2,2H3. The summed E-state index contributed by atoms with van der Waals surface area (Å²) in [5.74, 6) is 0.195. The number of esters is 1. The number of halogens is 3. The zero-order chi connectivity index (χ0) is 15.3. The van der Waals surface area contributed by atoms with E-state index >= 15 is 0 Å². The van der Waals surface area contributed by atoms with Gasteiger partial charge in [-0.05, 0) is 75.8 Å². The highest BCUT2D eigenvalue weighted by molar-refractivity contribution is 14.1. The molecule has 1 aromatic carbocycles. The van der Waals surface area contributed by atoms with E-state index in [1.54, 1.807) is 19.1 Å². The monoisotopic (exact) mass is 520 g/mol. The molecule has 108 valence electrons. The van der Waals surface area contributed by atoms with Crippen LogP contribution >= 0.6 is 56.8 Å². The lowest BCUT2D eigenvalue weighted by atomic mass is 10.2. The summed E-state index contributed by atoms with van der Waals surface area (Å²) >= 11 is 9.56. The van der Waals surface area contributed by atoms with Crippen molar-refractivity contribution < 1.29 is 19.1 Å². The fourth-order valence-corrected chi connectivity index (χ4v) is 3.40. The van der Waals surface area contributed by atoms with Crippen LogP contribution in [0.15, 0.2) is 24.3 Å². The number of rotatable bonds is 6. The van der Waals surface area contributed by atoms with Gasteiger partial charge in [0, 0.05) is 11.1 Å². The van der Waals surface area contributed by atoms with E-state index in [-0.39, 0.29) is 13.2 Å². The maximum atomic E-state index is 11.2. The Labute approximate surface area is 149 Å². The first-order valence-corrected chi connectivity index (χ1v) is 8.00. The quantitative estimate of drug-likeness (QED) is 0.189. The summed E-state index contributed by atoms with van der Waals surface area (Å²) in [5, 5.41) is -0.511. The summed E-state index contributed by atoms with van der Waals surface area (Å²) in [5.41, 5.74) is 0.765. The number of carbonyl (C=O) groups is 2. The van der Waals surface area contributed by atoms with Gasteiger partial charge in [0.2, 0.25) is 0 Å². The summed E-state index contributed by atoms with van der Waals surface area (Å²) in [7, 11) is 0. The lowest BCUT2D eigenvalue weighted by Crippen LogP contribution is -2.13. The van der Waals surface area contributed by atoms with Gasteiger partial charge in [0.1, 0.15) is 19.0 Å². The lowest BCUT2D eigenvalue weighted by Gasteiger charge is -2.11. The summed E-state index contributed by atoms with van der Waals surface area (Å²) in [4.78, 5) is 22.3. The van der Waals surface area contributed by atoms with Crippen molar-refractivity contribution in [2.75, 3.05) is 13.2 Å². The highest BCUT2D eigenvalue weighted by Gasteiger charge is 2.12. The van der Waals surface area contributed by atoms with Crippen molar-refractivity contribution in [3.63, 3.8) is 0 Å². The van der Waals surface area contributed by atoms with Crippen LogP contribution in [0.3, 0.4) is 0 Å². The number of hydrogen-bond donors (Lipinski definition) is 0. The largest absolute Gasteiger partial charge is 0.488 e. The summed E-state index contributed by atoms with van der Waals surface area (Å²) in [6, 6.07) is 3.29. The van der Waals surface area contributed by atoms with Crippen molar-refractivity contribution in [2.24, 2.45) is 0 Å². The molecular weight excluding hydrogens is 509 g/mol. The first-order chi connectivity index (χ1) is 9.32. The Kier molecular flexibility index (Phi) is 7.24. The first-order valence-electron chi connectivity index (χ1n) is 5.47. The minimum Gasteiger partial charge on any atom is -0.488 e. The summed E-state index contributed by atoms with van der Waals surface area (Å²) < 4.78 is 12.0. The predicted octanol–water partition coefficient (Wildman–Crippen LogP) is 3.77. The fourth-order valence-electron chi connectivity index (χ4n) is 1.21. The molecule has 20 heavy (non-hydrogen) atoms. The van der Waals surface area contributed by atoms with E-state index in [0.717, 1.165) is 7.14 Å². The molecule has 0 N–H and O–H groups in total. The predicted molar refractivity (Wildman–Crippen MR) is 93.3 cm³/mol. The van der Waals surface area contributed by atoms with Crippen LogP contribution in [0.4, 0.5) is 0 Å². The second-order valence-corrected chi connectivity index (χ2v) is 6.48. The van der Waals surface area contributed by atoms with E-state index in [1.165, 1.54) is 0 Å². The molecule has 1 aromatic rings. The third kappa shape index (κ3) is 5.21. The van der Waals surface area contributed by atoms with Gasteiger partial charge in [0.15, 0.2) is 0 Å². The molecule has 0 radical (unpaired) electrons. The van der Waals surface area contributed by atoms with Gasteiger partial charge in [-0.1, -0.05) is 6.58 Å². The number of carbonyl (C=O) groups excluding carboxylic acids is 2. The zero-order valence-electron chi connectivity index (χ0n) is 10.5. The Bertz CT molecular complexity index is 534. The van der Waals surface area contributed by atoms with Gasteiger partial charge in [0.25, 0.3) is 5.24 Å². The van der Waals surface area contributed by atoms with Crippen LogP contribution in [0.25, 0.3) is 0 Å². The maximum Gasteiger partial charge on any atom is 0.333 e. The molecule has 1 rings (SSSR count). The van der Waals surface area contributed by atoms with Crippen LogP contribution in [-0.2, 0) is 9.53 Å². The molecule has 0 aliphatic rings. The molecule has 7 heteroatoms. The van der Waals surface area contributed by atoms with Crippen molar-refractivity contribution in [1.82, 2.24) is 0 Å². The molecule has 0 spiro atoms. The van der Waals surface area contributed by atoms with Crippen LogP contribution < -0.4 is 4.74 Å². The average molecular weight is 520 g/mol. The van der Waals surface area contributed by atoms with Gasteiger partial charge in [-0.2, -0.15) is 0 Å². The van der Waals surface area contributed by atoms with E-state index in [9.17, 15) is 9.59 Å². The molecule has 0 fully saturated rings. The van der Waals surface area contributed by atoms with E-state index in [2.05, 4.69) is 51.8 Å². The topological polar surface area (TPSA) is 52.6 Å². The highest BCUT2D eigenvalue weighted by Crippen LogP contribution is 2.29. The van der Waals surface area contributed by atoms with Gasteiger partial charge in [0.05, 0.1) is 7.14 Å². The molecule has 0 atom stereocenters. The van der Waals surface area contributed by atoms with E-state index < -0.39 is 11.2 Å². The Morgan fingerprint density at radius 2 is 1.80 bits per heavy atom. The lowest BCUT2D eigenvalue weighted by molar-refractivity contribution is -0.139. The van der Waals surface area contributed by atoms with Crippen molar-refractivity contribution in [2.45, 2.75) is 6.92 Å². The normalized spacial score (nSPS) is 10.0. The van der Waals surface area contributed by atoms with Gasteiger partial charge in [-0.3, -0.25) is 4.79 Å². The van der Waals surface area contributed by atoms with Gasteiger partial charge < -0.3 is 9.47 Å². The molecule has 0 aromatic heterocycles. The molecule has 0 heterocycles. The van der Waals surface area contributed by atoms with E-state index in [1.807, 2.05) is 0 Å². The Morgan fingerprint density at radius 1 is 1.25 bits per heavy atom. The Hall–Kier alpha value is -0.350. The second-order valence-electron chi connectivity index (χ2n) is 3.81. The molecule has 0 saturated heterocycles. The Balaban J connectivity index is 2.63. The number of ether oxygens (including phenoxy) is 2. The minimum absolute atomic E-state index is 0.133. The fraction of sp³-hybridized carbons (Fsp3) is 0.231. The molecule has 0 unspecified atom stereocenters. The van der Waals surface area contributed by atoms with Crippen LogP contribution in [0.5, 0.6) is 5.75 Å². The van der Waals surface area contributed by atoms with Crippen molar-refractivity contribution in [1.29, 1.82) is 0 Å². The summed E-state index contributed by atoms with van der Waals surface area (Å²) in [6.45, 7) is 5.42. The molecule has 0 amide bonds. The molecule has 0 aliphatic heterocycles. The van der Waals surface area contributed by atoms with Crippen LogP contribution in [0.1, 0.15) is 17.3 Å². The second kappa shape index (κ2) is 8.18. The third-order valence-corrected chi connectivity index (χ3v) is 3.96. The van der Waals surface area contributed by atoms with Crippen LogP contribution in [0.2, 0.25) is 0 Å². The number of hydrogen-bond acceptors (Lipinski definition) is 4. The molecule has 4 nitrogen and oxygen atoms in total. The van der Waals surface area contributed by atoms with E-state index in [4.69, 9.17) is 21.1 Å². The van der Waals surface area contributed by atoms with Crippen molar-refractivity contribution >= 4 is 68.0 Å². The maximum absolute atomic E-state index is 11.2. The molecule has 0 aliphatic carbocycles. The van der Waals surface area contributed by atoms with Gasteiger partial charge >= 0.3 is 5.97 Å². The van der Waals surface area contributed by atoms with Gasteiger partial charge in [-0.25, -0.2) is 4.79 Å². The first kappa shape index (κ1) is 17.7.